The molecule has 6 aromatic rings. The van der Waals surface area contributed by atoms with E-state index in [2.05, 4.69) is 53.9 Å². The molecular weight excluding hydrogens is 1320 g/mol. The number of ether oxygens (including phenoxy) is 5. The molecule has 536 valence electrons. The van der Waals surface area contributed by atoms with E-state index in [1.807, 2.05) is 65.0 Å². The number of hydrogen-bond acceptors (Lipinski definition) is 21. The van der Waals surface area contributed by atoms with Gasteiger partial charge in [-0.3, -0.25) is 38.9 Å². The summed E-state index contributed by atoms with van der Waals surface area (Å²) in [5.74, 6) is -4.96. The summed E-state index contributed by atoms with van der Waals surface area (Å²) < 4.78 is 32.3. The van der Waals surface area contributed by atoms with Crippen LogP contribution >= 0.6 is 11.3 Å². The van der Waals surface area contributed by atoms with Crippen molar-refractivity contribution in [2.24, 2.45) is 16.2 Å². The molecule has 3 aliphatic heterocycles. The number of aromatic carboxylic acids is 1. The lowest BCUT2D eigenvalue weighted by Gasteiger charge is -2.61. The highest BCUT2D eigenvalue weighted by Gasteiger charge is 2.59. The third-order valence-electron chi connectivity index (χ3n) is 19.4. The highest BCUT2D eigenvalue weighted by atomic mass is 32.1. The number of nitrogens with zero attached hydrogens (tertiary/aromatic N) is 6. The number of carboxylic acids is 2. The highest BCUT2D eigenvalue weighted by Crippen LogP contribution is 2.64. The number of carboxylic acid groups (broad SMARTS) is 2. The predicted octanol–water partition coefficient (Wildman–Crippen LogP) is 7.03. The molecule has 101 heavy (non-hydrogen) atoms. The first-order valence-electron chi connectivity index (χ1n) is 33.6. The third kappa shape index (κ3) is 17.1. The molecule has 3 aromatic carbocycles. The van der Waals surface area contributed by atoms with Gasteiger partial charge in [0, 0.05) is 86.6 Å². The summed E-state index contributed by atoms with van der Waals surface area (Å²) in [5, 5.41) is 67.8. The molecule has 4 unspecified atom stereocenters. The van der Waals surface area contributed by atoms with Crippen molar-refractivity contribution in [1.82, 2.24) is 35.3 Å². The Morgan fingerprint density at radius 1 is 0.792 bits per heavy atom. The van der Waals surface area contributed by atoms with Crippen LogP contribution in [-0.2, 0) is 62.4 Å². The molecule has 2 bridgehead atoms. The Bertz CT molecular complexity index is 4160. The lowest BCUT2D eigenvalue weighted by Crippen LogP contribution is -2.61. The van der Waals surface area contributed by atoms with Crippen LogP contribution in [0.1, 0.15) is 122 Å². The van der Waals surface area contributed by atoms with Crippen molar-refractivity contribution in [3.05, 3.63) is 131 Å². The first kappa shape index (κ1) is 72.8. The zero-order chi connectivity index (χ0) is 72.0. The molecule has 2 saturated carbocycles. The van der Waals surface area contributed by atoms with E-state index >= 15 is 0 Å². The van der Waals surface area contributed by atoms with Crippen molar-refractivity contribution < 1.29 is 87.6 Å². The number of aliphatic hydroxyl groups excluding tert-OH is 3. The smallest absolute Gasteiger partial charge is 0.407 e. The number of aromatic nitrogens is 4. The summed E-state index contributed by atoms with van der Waals surface area (Å²) in [6, 6.07) is 21.4. The second-order valence-electron chi connectivity index (χ2n) is 27.6. The molecule has 3 fully saturated rings. The van der Waals surface area contributed by atoms with Gasteiger partial charge in [0.05, 0.1) is 47.5 Å². The molecule has 3 aromatic heterocycles. The van der Waals surface area contributed by atoms with Gasteiger partial charge in [-0.2, -0.15) is 5.10 Å². The molecule has 0 radical (unpaired) electrons. The van der Waals surface area contributed by atoms with Crippen molar-refractivity contribution >= 4 is 91.8 Å². The quantitative estimate of drug-likeness (QED) is 0.0176. The molecule has 1 saturated heterocycles. The minimum atomic E-state index is -1.98. The Morgan fingerprint density at radius 3 is 2.33 bits per heavy atom. The molecule has 9 N–H and O–H groups in total. The second-order valence-corrected chi connectivity index (χ2v) is 28.7. The number of benzene rings is 3. The largest absolute Gasteiger partial charge is 0.479 e. The topological polar surface area (TPSA) is 382 Å². The number of aliphatic hydroxyl groups is 3. The van der Waals surface area contributed by atoms with E-state index in [-0.39, 0.29) is 91.6 Å². The monoisotopic (exact) mass is 1410 g/mol. The number of fused-ring (bicyclic) bond motifs is 4. The number of thiazole rings is 1. The van der Waals surface area contributed by atoms with E-state index in [1.165, 1.54) is 35.6 Å². The maximum atomic E-state index is 13.8. The van der Waals surface area contributed by atoms with Crippen LogP contribution in [0.2, 0.25) is 0 Å². The molecule has 11 rings (SSSR count). The van der Waals surface area contributed by atoms with E-state index in [9.17, 15) is 63.9 Å². The van der Waals surface area contributed by atoms with Gasteiger partial charge in [0.1, 0.15) is 36.5 Å². The number of para-hydroxylation sites is 1. The minimum Gasteiger partial charge on any atom is -0.479 e. The zero-order valence-electron chi connectivity index (χ0n) is 56.8. The van der Waals surface area contributed by atoms with Crippen LogP contribution in [0, 0.1) is 23.2 Å². The molecule has 5 aliphatic rings. The number of aliphatic carboxylic acids is 1. The number of anilines is 3. The number of hydrogen-bond donors (Lipinski definition) is 9. The SMILES string of the molecule is CCC1(C)CC2(C)CC(C)(Cn3ncc(-c4ccc(N5CCc6cccc(C(=O)Nc7nc8ccccc8s7)c6C5)nc4C(=O)O)c3C)CC(OCCOCCNC(=O)OC/C=C/c3ccc(O[C@@H]4O[C@H](C(=O)O)[C@@H](O)[C@H](O)[C@H]4O)c(NC(=O)CCNC(=O)CCN4C(=O)C=CC4=O)c3)(C1)C2. The van der Waals surface area contributed by atoms with E-state index < -0.39 is 78.0 Å². The molecule has 28 nitrogen and oxygen atoms in total. The Labute approximate surface area is 586 Å². The number of carbonyl (C=O) groups is 8. The average Bonchev–Trinajstić information content (AvgIpc) is 0.822. The molecule has 0 spiro atoms. The van der Waals surface area contributed by atoms with Crippen molar-refractivity contribution in [2.75, 3.05) is 68.1 Å². The van der Waals surface area contributed by atoms with Gasteiger partial charge in [-0.15, -0.1) is 0 Å². The van der Waals surface area contributed by atoms with Crippen molar-refractivity contribution in [1.29, 1.82) is 0 Å². The van der Waals surface area contributed by atoms with Gasteiger partial charge >= 0.3 is 18.0 Å². The summed E-state index contributed by atoms with van der Waals surface area (Å²) in [5.41, 5.74) is 4.77. The van der Waals surface area contributed by atoms with Gasteiger partial charge in [-0.05, 0) is 127 Å². The standard InChI is InChI=1S/C72H84N10O18S/c1-6-69(3)36-70(4)37-71(5,41-82-42(2)47(34-75-82)45-17-19-53(78-58(45)64(91)92)80-27-23-44-12-9-13-46(48(44)35-80)63(90)79-67-77-49-14-7-8-15-52(49)101-67)40-72(38-69,39-70)98-32-31-96-30-26-74-68(95)97-29-10-11-43-16-18-51(99-66-61(89)59(87)60(88)62(100-66)65(93)94)50(33-43)76-55(84)22-25-73-54(83)24-28-81-56(85)20-21-57(81)86/h7-21,33-34,59-62,66,87-89H,6,22-32,35-41H2,1-5H3,(H,73,83)(H,74,95)(H,76,84)(H,91,92)(H,93,94)(H,77,79,90)/b11-10+/t59-,60-,61+,62-,66+,69?,70?,71?,72?/m0/s1. The molecule has 9 atom stereocenters. The Hall–Kier alpha value is -9.49. The van der Waals surface area contributed by atoms with Crippen LogP contribution in [0.25, 0.3) is 27.4 Å². The number of pyridine rings is 1. The Balaban J connectivity index is 0.660. The first-order chi connectivity index (χ1) is 48.2. The second kappa shape index (κ2) is 30.8. The maximum Gasteiger partial charge on any atom is 0.407 e. The highest BCUT2D eigenvalue weighted by molar-refractivity contribution is 7.22. The molecule has 29 heteroatoms. The number of rotatable bonds is 28. The molecular formula is C72H84N10O18S. The molecule has 2 aliphatic carbocycles. The minimum absolute atomic E-state index is 0.0137. The summed E-state index contributed by atoms with van der Waals surface area (Å²) in [6.07, 6.45) is 2.26. The first-order valence-corrected chi connectivity index (χ1v) is 34.5. The lowest BCUT2D eigenvalue weighted by atomic mass is 9.47. The number of alkyl carbamates (subject to hydrolysis) is 1. The van der Waals surface area contributed by atoms with E-state index in [0.29, 0.717) is 65.9 Å². The van der Waals surface area contributed by atoms with Crippen LogP contribution in [0.3, 0.4) is 0 Å². The molecule has 6 heterocycles. The number of nitrogens with one attached hydrogen (secondary N) is 4. The number of imide groups is 1. The summed E-state index contributed by atoms with van der Waals surface area (Å²) in [7, 11) is 0. The Morgan fingerprint density at radius 2 is 1.56 bits per heavy atom. The van der Waals surface area contributed by atoms with Crippen molar-refractivity contribution in [3.8, 4) is 16.9 Å². The number of amides is 6. The number of carbonyl (C=O) groups excluding carboxylic acids is 6. The van der Waals surface area contributed by atoms with Gasteiger partial charge in [-0.25, -0.2) is 24.4 Å². The van der Waals surface area contributed by atoms with Crippen LogP contribution in [-0.4, -0.2) is 187 Å². The van der Waals surface area contributed by atoms with Gasteiger partial charge in [0.25, 0.3) is 17.7 Å². The summed E-state index contributed by atoms with van der Waals surface area (Å²) in [4.78, 5) is 113. The van der Waals surface area contributed by atoms with E-state index in [0.717, 1.165) is 82.6 Å². The molecule has 6 amide bonds. The zero-order valence-corrected chi connectivity index (χ0v) is 57.6. The van der Waals surface area contributed by atoms with Gasteiger partial charge in [0.15, 0.2) is 16.9 Å². The van der Waals surface area contributed by atoms with Gasteiger partial charge in [0.2, 0.25) is 18.1 Å². The summed E-state index contributed by atoms with van der Waals surface area (Å²) in [6.45, 7) is 13.1. The van der Waals surface area contributed by atoms with Gasteiger partial charge < -0.3 is 70.1 Å². The summed E-state index contributed by atoms with van der Waals surface area (Å²) >= 11 is 1.41. The van der Waals surface area contributed by atoms with Gasteiger partial charge in [-0.1, -0.05) is 81.9 Å². The van der Waals surface area contributed by atoms with Crippen molar-refractivity contribution in [2.45, 2.75) is 142 Å². The normalized spacial score (nSPS) is 24.7. The fraction of sp³-hybridized carbons (Fsp3) is 0.458. The third-order valence-corrected chi connectivity index (χ3v) is 20.4. The fourth-order valence-electron chi connectivity index (χ4n) is 15.3. The van der Waals surface area contributed by atoms with Crippen molar-refractivity contribution in [3.63, 3.8) is 0 Å². The average molecular weight is 1410 g/mol. The Kier molecular flexibility index (Phi) is 22.2. The van der Waals surface area contributed by atoms with Crippen LogP contribution in [0.15, 0.2) is 97.2 Å². The maximum absolute atomic E-state index is 13.8. The van der Waals surface area contributed by atoms with Crippen LogP contribution < -0.4 is 30.9 Å². The van der Waals surface area contributed by atoms with Crippen LogP contribution in [0.5, 0.6) is 5.75 Å². The lowest BCUT2D eigenvalue weighted by molar-refractivity contribution is -0.271. The van der Waals surface area contributed by atoms with E-state index in [4.69, 9.17) is 33.8 Å². The van der Waals surface area contributed by atoms with E-state index in [1.54, 1.807) is 18.3 Å². The fourth-order valence-corrected chi connectivity index (χ4v) is 16.2. The predicted molar refractivity (Wildman–Crippen MR) is 370 cm³/mol. The van der Waals surface area contributed by atoms with Crippen LogP contribution in [0.4, 0.5) is 21.4 Å².